The molecule has 0 aromatic heterocycles. The maximum absolute atomic E-state index is 2.49. The summed E-state index contributed by atoms with van der Waals surface area (Å²) in [6.45, 7) is 7.02. The molecule has 0 unspecified atom stereocenters. The van der Waals surface area contributed by atoms with E-state index in [0.29, 0.717) is 0 Å². The molecule has 5 aromatic carbocycles. The Morgan fingerprint density at radius 3 is 1.47 bits per heavy atom. The molecule has 0 nitrogen and oxygen atoms in total. The van der Waals surface area contributed by atoms with Crippen molar-refractivity contribution in [1.82, 2.24) is 0 Å². The van der Waals surface area contributed by atoms with E-state index >= 15 is 0 Å². The molecule has 1 aliphatic rings. The maximum atomic E-state index is 2.49. The van der Waals surface area contributed by atoms with Gasteiger partial charge in [0.2, 0.25) is 0 Å². The number of rotatable bonds is 2. The summed E-state index contributed by atoms with van der Waals surface area (Å²) < 4.78 is 0. The van der Waals surface area contributed by atoms with Gasteiger partial charge in [-0.15, -0.1) is 0 Å². The highest BCUT2D eigenvalue weighted by molar-refractivity contribution is 6.19. The van der Waals surface area contributed by atoms with Gasteiger partial charge in [0, 0.05) is 5.41 Å². The van der Waals surface area contributed by atoms with Crippen LogP contribution in [0.5, 0.6) is 0 Å². The van der Waals surface area contributed by atoms with Crippen LogP contribution in [0.1, 0.15) is 43.0 Å². The van der Waals surface area contributed by atoms with Gasteiger partial charge in [0.05, 0.1) is 0 Å². The van der Waals surface area contributed by atoms with Crippen molar-refractivity contribution in [1.29, 1.82) is 0 Å². The van der Waals surface area contributed by atoms with Crippen molar-refractivity contribution in [2.24, 2.45) is 5.41 Å². The Hall–Kier alpha value is -3.90. The van der Waals surface area contributed by atoms with Gasteiger partial charge in [0.15, 0.2) is 0 Å². The molecule has 164 valence electrons. The molecule has 0 aliphatic heterocycles. The lowest BCUT2D eigenvalue weighted by molar-refractivity contribution is 0.585. The summed E-state index contributed by atoms with van der Waals surface area (Å²) in [5, 5.41) is 5.24. The van der Waals surface area contributed by atoms with E-state index in [0.717, 1.165) is 0 Å². The van der Waals surface area contributed by atoms with Crippen molar-refractivity contribution >= 4 is 32.7 Å². The van der Waals surface area contributed by atoms with E-state index in [4.69, 9.17) is 0 Å². The Morgan fingerprint density at radius 1 is 0.471 bits per heavy atom. The molecule has 0 atom stereocenters. The molecule has 0 heteroatoms. The predicted molar refractivity (Wildman–Crippen MR) is 147 cm³/mol. The van der Waals surface area contributed by atoms with E-state index in [1.807, 2.05) is 0 Å². The molecule has 0 saturated heterocycles. The van der Waals surface area contributed by atoms with Gasteiger partial charge < -0.3 is 0 Å². The van der Waals surface area contributed by atoms with E-state index in [1.165, 1.54) is 60.5 Å². The normalized spacial score (nSPS) is 15.2. The van der Waals surface area contributed by atoms with E-state index in [1.54, 1.807) is 0 Å². The van der Waals surface area contributed by atoms with Crippen LogP contribution in [-0.2, 0) is 0 Å². The molecule has 0 spiro atoms. The van der Waals surface area contributed by atoms with Gasteiger partial charge >= 0.3 is 0 Å². The minimum atomic E-state index is -0.114. The fourth-order valence-electron chi connectivity index (χ4n) is 5.54. The van der Waals surface area contributed by atoms with Crippen LogP contribution in [0.3, 0.4) is 0 Å². The van der Waals surface area contributed by atoms with Crippen LogP contribution in [0, 0.1) is 5.41 Å². The second-order valence-corrected chi connectivity index (χ2v) is 9.85. The van der Waals surface area contributed by atoms with E-state index in [2.05, 4.69) is 136 Å². The molecule has 0 radical (unpaired) electrons. The summed E-state index contributed by atoms with van der Waals surface area (Å²) >= 11 is 0. The predicted octanol–water partition coefficient (Wildman–Crippen LogP) is 9.29. The molecular formula is C34H28. The monoisotopic (exact) mass is 436 g/mol. The number of fused-ring (bicyclic) bond motifs is 6. The molecular weight excluding hydrogens is 408 g/mol. The SMILES string of the molecule is CC1=C(c2ccccc2)c2c(c3ccccc3c3ccccc23)C(c2ccccc2)=CC1(C)C. The third-order valence-corrected chi connectivity index (χ3v) is 7.45. The van der Waals surface area contributed by atoms with Crippen molar-refractivity contribution in [3.63, 3.8) is 0 Å². The fourth-order valence-corrected chi connectivity index (χ4v) is 5.54. The highest BCUT2D eigenvalue weighted by Gasteiger charge is 2.31. The summed E-state index contributed by atoms with van der Waals surface area (Å²) in [7, 11) is 0. The zero-order valence-electron chi connectivity index (χ0n) is 20.0. The lowest BCUT2D eigenvalue weighted by atomic mass is 9.79. The van der Waals surface area contributed by atoms with Crippen molar-refractivity contribution in [3.05, 3.63) is 143 Å². The number of benzene rings is 5. The van der Waals surface area contributed by atoms with Gasteiger partial charge in [-0.25, -0.2) is 0 Å². The zero-order chi connectivity index (χ0) is 23.3. The van der Waals surface area contributed by atoms with Crippen LogP contribution in [-0.4, -0.2) is 0 Å². The van der Waals surface area contributed by atoms with E-state index in [9.17, 15) is 0 Å². The average Bonchev–Trinajstić information content (AvgIpc) is 2.97. The lowest BCUT2D eigenvalue weighted by Gasteiger charge is -2.25. The summed E-state index contributed by atoms with van der Waals surface area (Å²) in [4.78, 5) is 0. The quantitative estimate of drug-likeness (QED) is 0.242. The fraction of sp³-hybridized carbons (Fsp3) is 0.118. The van der Waals surface area contributed by atoms with Crippen LogP contribution < -0.4 is 0 Å². The molecule has 5 aromatic rings. The van der Waals surface area contributed by atoms with Gasteiger partial charge in [-0.1, -0.05) is 135 Å². The van der Waals surface area contributed by atoms with Crippen LogP contribution >= 0.6 is 0 Å². The average molecular weight is 437 g/mol. The Balaban J connectivity index is 1.89. The first-order valence-corrected chi connectivity index (χ1v) is 12.1. The minimum absolute atomic E-state index is 0.114. The molecule has 0 fully saturated rings. The van der Waals surface area contributed by atoms with Gasteiger partial charge in [0.25, 0.3) is 0 Å². The summed E-state index contributed by atoms with van der Waals surface area (Å²) in [6.07, 6.45) is 2.49. The number of hydrogen-bond donors (Lipinski definition) is 0. The molecule has 0 heterocycles. The summed E-state index contributed by atoms with van der Waals surface area (Å²) in [5.74, 6) is 0. The first-order chi connectivity index (χ1) is 16.6. The molecule has 6 rings (SSSR count). The number of hydrogen-bond acceptors (Lipinski definition) is 0. The molecule has 1 aliphatic carbocycles. The van der Waals surface area contributed by atoms with Crippen molar-refractivity contribution in [2.45, 2.75) is 20.8 Å². The van der Waals surface area contributed by atoms with Gasteiger partial charge in [-0.3, -0.25) is 0 Å². The first kappa shape index (κ1) is 20.7. The topological polar surface area (TPSA) is 0 Å². The minimum Gasteiger partial charge on any atom is -0.0663 e. The lowest BCUT2D eigenvalue weighted by Crippen LogP contribution is -2.11. The van der Waals surface area contributed by atoms with Crippen molar-refractivity contribution < 1.29 is 0 Å². The standard InChI is InChI=1S/C34H28/c1-23-31(25-16-8-5-9-17-25)33-29-21-13-11-19-27(29)26-18-10-12-20-28(26)32(33)30(22-34(23,2)3)24-14-6-4-7-15-24/h4-22H,1-3H3. The number of allylic oxidation sites excluding steroid dienone is 2. The summed E-state index contributed by atoms with van der Waals surface area (Å²) in [6, 6.07) is 39.7. The second-order valence-electron chi connectivity index (χ2n) is 9.85. The Kier molecular flexibility index (Phi) is 4.78. The smallest absolute Gasteiger partial charge is 0.00503 e. The van der Waals surface area contributed by atoms with E-state index < -0.39 is 0 Å². The molecule has 0 bridgehead atoms. The first-order valence-electron chi connectivity index (χ1n) is 12.1. The van der Waals surface area contributed by atoms with Crippen LogP contribution in [0.25, 0.3) is 32.7 Å². The van der Waals surface area contributed by atoms with E-state index in [-0.39, 0.29) is 5.41 Å². The van der Waals surface area contributed by atoms with Crippen LogP contribution in [0.4, 0.5) is 0 Å². The highest BCUT2D eigenvalue weighted by Crippen LogP contribution is 2.50. The molecule has 0 saturated carbocycles. The Labute approximate surface area is 201 Å². The Bertz CT molecular complexity index is 1600. The van der Waals surface area contributed by atoms with Crippen LogP contribution in [0.2, 0.25) is 0 Å². The third-order valence-electron chi connectivity index (χ3n) is 7.45. The molecule has 0 amide bonds. The summed E-state index contributed by atoms with van der Waals surface area (Å²) in [5.41, 5.74) is 9.17. The zero-order valence-corrected chi connectivity index (χ0v) is 20.0. The molecule has 0 N–H and O–H groups in total. The van der Waals surface area contributed by atoms with Gasteiger partial charge in [-0.05, 0) is 61.9 Å². The van der Waals surface area contributed by atoms with Crippen molar-refractivity contribution in [3.8, 4) is 0 Å². The van der Waals surface area contributed by atoms with Gasteiger partial charge in [0.1, 0.15) is 0 Å². The third kappa shape index (κ3) is 3.14. The van der Waals surface area contributed by atoms with Gasteiger partial charge in [-0.2, -0.15) is 0 Å². The van der Waals surface area contributed by atoms with Crippen molar-refractivity contribution in [2.75, 3.05) is 0 Å². The largest absolute Gasteiger partial charge is 0.0663 e. The Morgan fingerprint density at radius 2 is 0.912 bits per heavy atom. The maximum Gasteiger partial charge on any atom is 0.00503 e. The second kappa shape index (κ2) is 7.85. The highest BCUT2D eigenvalue weighted by atomic mass is 14.3. The van der Waals surface area contributed by atoms with Crippen LogP contribution in [0.15, 0.2) is 121 Å². The molecule has 34 heavy (non-hydrogen) atoms.